The molecular formula is C14H20N6. The summed E-state index contributed by atoms with van der Waals surface area (Å²) in [5, 5.41) is 0. The van der Waals surface area contributed by atoms with Gasteiger partial charge >= 0.3 is 0 Å². The Balaban J connectivity index is 1.91. The van der Waals surface area contributed by atoms with Crippen molar-refractivity contribution in [3.63, 3.8) is 0 Å². The minimum atomic E-state index is 0.314. The first-order valence-electron chi connectivity index (χ1n) is 7.00. The van der Waals surface area contributed by atoms with Gasteiger partial charge in [0.05, 0.1) is 24.1 Å². The summed E-state index contributed by atoms with van der Waals surface area (Å²) in [6.45, 7) is 7.26. The zero-order chi connectivity index (χ0) is 14.1. The fourth-order valence-electron chi connectivity index (χ4n) is 2.50. The molecule has 3 heterocycles. The molecule has 0 unspecified atom stereocenters. The highest BCUT2D eigenvalue weighted by atomic mass is 15.2. The predicted octanol–water partition coefficient (Wildman–Crippen LogP) is 1.28. The van der Waals surface area contributed by atoms with Crippen molar-refractivity contribution in [3.05, 3.63) is 35.9 Å². The van der Waals surface area contributed by atoms with E-state index in [9.17, 15) is 0 Å². The Bertz CT molecular complexity index is 603. The Hall–Kier alpha value is -1.95. The van der Waals surface area contributed by atoms with Gasteiger partial charge in [0.25, 0.3) is 0 Å². The van der Waals surface area contributed by atoms with E-state index < -0.39 is 0 Å². The van der Waals surface area contributed by atoms with Crippen LogP contribution in [0.2, 0.25) is 0 Å². The number of rotatable bonds is 3. The minimum absolute atomic E-state index is 0.314. The van der Waals surface area contributed by atoms with Crippen LogP contribution in [0.5, 0.6) is 0 Å². The Morgan fingerprint density at radius 3 is 2.90 bits per heavy atom. The first-order chi connectivity index (χ1) is 9.69. The molecule has 0 spiro atoms. The smallest absolute Gasteiger partial charge is 0.131 e. The molecule has 0 saturated carbocycles. The van der Waals surface area contributed by atoms with Crippen molar-refractivity contribution in [3.8, 4) is 0 Å². The number of hydrogen-bond donors (Lipinski definition) is 1. The maximum Gasteiger partial charge on any atom is 0.131 e. The quantitative estimate of drug-likeness (QED) is 0.911. The summed E-state index contributed by atoms with van der Waals surface area (Å²) in [5.41, 5.74) is 7.82. The first-order valence-corrected chi connectivity index (χ1v) is 7.00. The van der Waals surface area contributed by atoms with Gasteiger partial charge in [-0.25, -0.2) is 15.0 Å². The Kier molecular flexibility index (Phi) is 3.40. The lowest BCUT2D eigenvalue weighted by atomic mass is 10.2. The summed E-state index contributed by atoms with van der Waals surface area (Å²) < 4.78 is 2.18. The van der Waals surface area contributed by atoms with Gasteiger partial charge in [0.15, 0.2) is 0 Å². The van der Waals surface area contributed by atoms with Crippen LogP contribution in [-0.4, -0.2) is 26.1 Å². The molecule has 2 N–H and O–H groups in total. The molecule has 1 aliphatic rings. The zero-order valence-corrected chi connectivity index (χ0v) is 12.0. The number of fused-ring (bicyclic) bond motifs is 1. The van der Waals surface area contributed by atoms with E-state index >= 15 is 0 Å². The fourth-order valence-corrected chi connectivity index (χ4v) is 2.50. The highest BCUT2D eigenvalue weighted by Gasteiger charge is 2.20. The van der Waals surface area contributed by atoms with Gasteiger partial charge in [-0.1, -0.05) is 13.8 Å². The highest BCUT2D eigenvalue weighted by Crippen LogP contribution is 2.23. The molecule has 0 amide bonds. The second-order valence-corrected chi connectivity index (χ2v) is 5.38. The van der Waals surface area contributed by atoms with Crippen molar-refractivity contribution in [1.29, 1.82) is 0 Å². The molecule has 0 atom stereocenters. The van der Waals surface area contributed by atoms with E-state index in [1.165, 1.54) is 0 Å². The van der Waals surface area contributed by atoms with Crippen molar-refractivity contribution >= 4 is 5.69 Å². The van der Waals surface area contributed by atoms with Gasteiger partial charge in [0.1, 0.15) is 11.6 Å². The standard InChI is InChI=1S/C14H20N6/c1-10(2)14-17-8-12(11(7-15)18-14)20-6-5-19-4-3-16-13(19)9-20/h3-4,8,10H,5-7,9,15H2,1-2H3. The van der Waals surface area contributed by atoms with Gasteiger partial charge in [-0.2, -0.15) is 0 Å². The van der Waals surface area contributed by atoms with Crippen molar-refractivity contribution in [2.45, 2.75) is 39.4 Å². The van der Waals surface area contributed by atoms with Crippen LogP contribution >= 0.6 is 0 Å². The zero-order valence-electron chi connectivity index (χ0n) is 12.0. The number of anilines is 1. The second kappa shape index (κ2) is 5.20. The number of hydrogen-bond acceptors (Lipinski definition) is 5. The monoisotopic (exact) mass is 272 g/mol. The Morgan fingerprint density at radius 1 is 1.30 bits per heavy atom. The van der Waals surface area contributed by atoms with Crippen LogP contribution in [0.15, 0.2) is 18.6 Å². The molecule has 106 valence electrons. The van der Waals surface area contributed by atoms with Crippen LogP contribution in [0.4, 0.5) is 5.69 Å². The predicted molar refractivity (Wildman–Crippen MR) is 77.3 cm³/mol. The second-order valence-electron chi connectivity index (χ2n) is 5.38. The van der Waals surface area contributed by atoms with E-state index in [1.54, 1.807) is 0 Å². The molecular weight excluding hydrogens is 252 g/mol. The maximum absolute atomic E-state index is 5.86. The van der Waals surface area contributed by atoms with E-state index in [1.807, 2.05) is 18.6 Å². The number of aromatic nitrogens is 4. The minimum Gasteiger partial charge on any atom is -0.359 e. The van der Waals surface area contributed by atoms with E-state index in [0.717, 1.165) is 42.7 Å². The molecule has 6 heteroatoms. The number of nitrogens with two attached hydrogens (primary N) is 1. The van der Waals surface area contributed by atoms with Gasteiger partial charge in [-0.05, 0) is 0 Å². The van der Waals surface area contributed by atoms with E-state index in [0.29, 0.717) is 12.5 Å². The fraction of sp³-hybridized carbons (Fsp3) is 0.500. The van der Waals surface area contributed by atoms with E-state index in [2.05, 4.69) is 38.3 Å². The normalized spacial score (nSPS) is 14.7. The summed E-state index contributed by atoms with van der Waals surface area (Å²) in [6, 6.07) is 0. The van der Waals surface area contributed by atoms with Crippen LogP contribution in [0.3, 0.4) is 0 Å². The van der Waals surface area contributed by atoms with Crippen molar-refractivity contribution in [2.24, 2.45) is 5.73 Å². The molecule has 3 rings (SSSR count). The lowest BCUT2D eigenvalue weighted by molar-refractivity contribution is 0.556. The summed E-state index contributed by atoms with van der Waals surface area (Å²) >= 11 is 0. The molecule has 2 aromatic rings. The third-order valence-electron chi connectivity index (χ3n) is 3.66. The number of imidazole rings is 1. The average Bonchev–Trinajstić information content (AvgIpc) is 2.93. The SMILES string of the molecule is CC(C)c1ncc(N2CCn3ccnc3C2)c(CN)n1. The maximum atomic E-state index is 5.86. The lowest BCUT2D eigenvalue weighted by Gasteiger charge is -2.30. The summed E-state index contributed by atoms with van der Waals surface area (Å²) in [4.78, 5) is 15.7. The molecule has 1 aliphatic heterocycles. The Morgan fingerprint density at radius 2 is 2.15 bits per heavy atom. The van der Waals surface area contributed by atoms with Crippen molar-refractivity contribution < 1.29 is 0 Å². The molecule has 0 radical (unpaired) electrons. The van der Waals surface area contributed by atoms with Crippen LogP contribution in [-0.2, 0) is 19.6 Å². The average molecular weight is 272 g/mol. The topological polar surface area (TPSA) is 72.9 Å². The van der Waals surface area contributed by atoms with Crippen molar-refractivity contribution in [1.82, 2.24) is 19.5 Å². The van der Waals surface area contributed by atoms with E-state index in [-0.39, 0.29) is 0 Å². The highest BCUT2D eigenvalue weighted by molar-refractivity contribution is 5.49. The van der Waals surface area contributed by atoms with Crippen LogP contribution in [0.1, 0.15) is 37.1 Å². The van der Waals surface area contributed by atoms with Gasteiger partial charge < -0.3 is 15.2 Å². The summed E-state index contributed by atoms with van der Waals surface area (Å²) in [5.74, 6) is 2.24. The van der Waals surface area contributed by atoms with Gasteiger partial charge in [0, 0.05) is 37.9 Å². The van der Waals surface area contributed by atoms with Crippen LogP contribution < -0.4 is 10.6 Å². The Labute approximate surface area is 118 Å². The van der Waals surface area contributed by atoms with Gasteiger partial charge in [-0.3, -0.25) is 0 Å². The molecule has 20 heavy (non-hydrogen) atoms. The lowest BCUT2D eigenvalue weighted by Crippen LogP contribution is -2.34. The molecule has 0 aromatic carbocycles. The van der Waals surface area contributed by atoms with Gasteiger partial charge in [-0.15, -0.1) is 0 Å². The molecule has 0 aliphatic carbocycles. The molecule has 0 bridgehead atoms. The molecule has 0 saturated heterocycles. The third kappa shape index (κ3) is 2.27. The van der Waals surface area contributed by atoms with Crippen LogP contribution in [0, 0.1) is 0 Å². The molecule has 2 aromatic heterocycles. The summed E-state index contributed by atoms with van der Waals surface area (Å²) in [6.07, 6.45) is 5.78. The van der Waals surface area contributed by atoms with E-state index in [4.69, 9.17) is 5.73 Å². The summed E-state index contributed by atoms with van der Waals surface area (Å²) in [7, 11) is 0. The largest absolute Gasteiger partial charge is 0.359 e. The first kappa shape index (κ1) is 13.1. The van der Waals surface area contributed by atoms with Gasteiger partial charge in [0.2, 0.25) is 0 Å². The molecule has 6 nitrogen and oxygen atoms in total. The number of nitrogens with zero attached hydrogens (tertiary/aromatic N) is 5. The van der Waals surface area contributed by atoms with Crippen LogP contribution in [0.25, 0.3) is 0 Å². The third-order valence-corrected chi connectivity index (χ3v) is 3.66. The van der Waals surface area contributed by atoms with Crippen molar-refractivity contribution in [2.75, 3.05) is 11.4 Å². The molecule has 0 fully saturated rings.